The summed E-state index contributed by atoms with van der Waals surface area (Å²) in [5.41, 5.74) is 6.46. The predicted molar refractivity (Wildman–Crippen MR) is 75.3 cm³/mol. The van der Waals surface area contributed by atoms with E-state index in [4.69, 9.17) is 5.73 Å². The summed E-state index contributed by atoms with van der Waals surface area (Å²) in [6.07, 6.45) is 6.66. The molecular weight excluding hydrogens is 256 g/mol. The number of hydrogen-bond acceptors (Lipinski definition) is 5. The third-order valence-electron chi connectivity index (χ3n) is 2.80. The molecule has 1 amide bonds. The topological polar surface area (TPSA) is 98.7 Å². The average Bonchev–Trinajstić information content (AvgIpc) is 2.93. The molecule has 2 aromatic rings. The summed E-state index contributed by atoms with van der Waals surface area (Å²) in [6, 6.07) is 3.40. The minimum Gasteiger partial charge on any atom is -0.327 e. The number of aromatic nitrogens is 4. The molecular formula is C13H18N6O. The van der Waals surface area contributed by atoms with E-state index in [1.165, 1.54) is 17.3 Å². The van der Waals surface area contributed by atoms with Crippen molar-refractivity contribution in [2.75, 3.05) is 5.32 Å². The molecule has 0 fully saturated rings. The molecule has 0 spiro atoms. The van der Waals surface area contributed by atoms with Crippen LogP contribution in [0.5, 0.6) is 0 Å². The summed E-state index contributed by atoms with van der Waals surface area (Å²) in [4.78, 5) is 20.0. The van der Waals surface area contributed by atoms with Gasteiger partial charge in [-0.05, 0) is 18.6 Å². The zero-order valence-corrected chi connectivity index (χ0v) is 11.4. The Bertz CT molecular complexity index is 554. The van der Waals surface area contributed by atoms with Crippen molar-refractivity contribution in [2.45, 2.75) is 32.2 Å². The molecule has 106 valence electrons. The van der Waals surface area contributed by atoms with Gasteiger partial charge < -0.3 is 11.1 Å². The molecule has 1 atom stereocenters. The summed E-state index contributed by atoms with van der Waals surface area (Å²) < 4.78 is 1.50. The number of nitrogens with zero attached hydrogens (tertiary/aromatic N) is 4. The van der Waals surface area contributed by atoms with E-state index in [1.54, 1.807) is 18.3 Å². The van der Waals surface area contributed by atoms with E-state index < -0.39 is 0 Å². The Balaban J connectivity index is 2.08. The number of carbonyl (C=O) groups is 1. The quantitative estimate of drug-likeness (QED) is 0.822. The molecule has 3 N–H and O–H groups in total. The van der Waals surface area contributed by atoms with Crippen LogP contribution in [0.4, 0.5) is 5.69 Å². The first-order valence-corrected chi connectivity index (χ1v) is 6.56. The molecule has 0 saturated heterocycles. The lowest BCUT2D eigenvalue weighted by Crippen LogP contribution is -2.27. The van der Waals surface area contributed by atoms with Crippen molar-refractivity contribution in [3.05, 3.63) is 31.0 Å². The second kappa shape index (κ2) is 6.76. The monoisotopic (exact) mass is 274 g/mol. The lowest BCUT2D eigenvalue weighted by molar-refractivity contribution is -0.116. The molecule has 0 aliphatic carbocycles. The Hall–Kier alpha value is -2.28. The fourth-order valence-corrected chi connectivity index (χ4v) is 1.91. The molecule has 7 nitrogen and oxygen atoms in total. The van der Waals surface area contributed by atoms with Crippen LogP contribution >= 0.6 is 0 Å². The Morgan fingerprint density at radius 1 is 1.55 bits per heavy atom. The van der Waals surface area contributed by atoms with Crippen LogP contribution in [0.1, 0.15) is 26.2 Å². The Morgan fingerprint density at radius 2 is 2.40 bits per heavy atom. The number of nitrogens with two attached hydrogens (primary N) is 1. The van der Waals surface area contributed by atoms with Crippen molar-refractivity contribution in [3.8, 4) is 5.82 Å². The lowest BCUT2D eigenvalue weighted by atomic mass is 10.1. The SMILES string of the molecule is CCCC(N)CC(=O)Nc1cccnc1-n1cncn1. The Kier molecular flexibility index (Phi) is 4.78. The number of pyridine rings is 1. The maximum absolute atomic E-state index is 12.0. The Morgan fingerprint density at radius 3 is 3.10 bits per heavy atom. The van der Waals surface area contributed by atoms with Gasteiger partial charge in [-0.1, -0.05) is 13.3 Å². The van der Waals surface area contributed by atoms with Crippen molar-refractivity contribution in [1.82, 2.24) is 19.7 Å². The van der Waals surface area contributed by atoms with Crippen LogP contribution in [0.15, 0.2) is 31.0 Å². The van der Waals surface area contributed by atoms with Crippen LogP contribution in [0.25, 0.3) is 5.82 Å². The van der Waals surface area contributed by atoms with E-state index >= 15 is 0 Å². The molecule has 0 aliphatic heterocycles. The third kappa shape index (κ3) is 3.61. The van der Waals surface area contributed by atoms with Crippen molar-refractivity contribution in [1.29, 1.82) is 0 Å². The first-order chi connectivity index (χ1) is 9.70. The number of carbonyl (C=O) groups excluding carboxylic acids is 1. The molecule has 20 heavy (non-hydrogen) atoms. The first-order valence-electron chi connectivity index (χ1n) is 6.56. The molecule has 2 rings (SSSR count). The zero-order chi connectivity index (χ0) is 14.4. The summed E-state index contributed by atoms with van der Waals surface area (Å²) in [6.45, 7) is 2.04. The minimum absolute atomic E-state index is 0.119. The van der Waals surface area contributed by atoms with Crippen LogP contribution in [-0.2, 0) is 4.79 Å². The van der Waals surface area contributed by atoms with Gasteiger partial charge in [0, 0.05) is 18.7 Å². The fraction of sp³-hybridized carbons (Fsp3) is 0.385. The molecule has 7 heteroatoms. The van der Waals surface area contributed by atoms with Gasteiger partial charge in [-0.25, -0.2) is 14.6 Å². The molecule has 0 aliphatic rings. The largest absolute Gasteiger partial charge is 0.327 e. The van der Waals surface area contributed by atoms with Crippen molar-refractivity contribution >= 4 is 11.6 Å². The number of hydrogen-bond donors (Lipinski definition) is 2. The molecule has 0 saturated carbocycles. The van der Waals surface area contributed by atoms with E-state index in [9.17, 15) is 4.79 Å². The van der Waals surface area contributed by atoms with Crippen LogP contribution in [0.2, 0.25) is 0 Å². The summed E-state index contributed by atoms with van der Waals surface area (Å²) in [5.74, 6) is 0.405. The van der Waals surface area contributed by atoms with Gasteiger partial charge in [0.1, 0.15) is 12.7 Å². The summed E-state index contributed by atoms with van der Waals surface area (Å²) >= 11 is 0. The number of anilines is 1. The van der Waals surface area contributed by atoms with Crippen molar-refractivity contribution < 1.29 is 4.79 Å². The normalized spacial score (nSPS) is 12.1. The van der Waals surface area contributed by atoms with E-state index in [0.29, 0.717) is 17.9 Å². The highest BCUT2D eigenvalue weighted by Crippen LogP contribution is 2.16. The van der Waals surface area contributed by atoms with E-state index in [-0.39, 0.29) is 11.9 Å². The Labute approximate surface area is 117 Å². The fourth-order valence-electron chi connectivity index (χ4n) is 1.91. The molecule has 2 aromatic heterocycles. The first kappa shape index (κ1) is 14.1. The smallest absolute Gasteiger partial charge is 0.226 e. The van der Waals surface area contributed by atoms with Gasteiger partial charge in [0.2, 0.25) is 5.91 Å². The second-order valence-electron chi connectivity index (χ2n) is 4.52. The number of amides is 1. The minimum atomic E-state index is -0.125. The van der Waals surface area contributed by atoms with Crippen LogP contribution in [0, 0.1) is 0 Å². The summed E-state index contributed by atoms with van der Waals surface area (Å²) in [5, 5.41) is 6.83. The van der Waals surface area contributed by atoms with Crippen LogP contribution < -0.4 is 11.1 Å². The number of rotatable bonds is 6. The van der Waals surface area contributed by atoms with Gasteiger partial charge in [-0.3, -0.25) is 4.79 Å². The van der Waals surface area contributed by atoms with Crippen molar-refractivity contribution in [3.63, 3.8) is 0 Å². The van der Waals surface area contributed by atoms with Gasteiger partial charge in [-0.2, -0.15) is 5.10 Å². The molecule has 2 heterocycles. The molecule has 0 aromatic carbocycles. The maximum atomic E-state index is 12.0. The highest BCUT2D eigenvalue weighted by Gasteiger charge is 2.12. The summed E-state index contributed by atoms with van der Waals surface area (Å²) in [7, 11) is 0. The standard InChI is InChI=1S/C13H18N6O/c1-2-4-10(14)7-12(20)18-11-5-3-6-16-13(11)19-9-15-8-17-19/h3,5-6,8-10H,2,4,7,14H2,1H3,(H,18,20). The highest BCUT2D eigenvalue weighted by atomic mass is 16.1. The van der Waals surface area contributed by atoms with E-state index in [0.717, 1.165) is 12.8 Å². The zero-order valence-electron chi connectivity index (χ0n) is 11.4. The van der Waals surface area contributed by atoms with Gasteiger partial charge in [0.05, 0.1) is 5.69 Å². The highest BCUT2D eigenvalue weighted by molar-refractivity contribution is 5.92. The lowest BCUT2D eigenvalue weighted by Gasteiger charge is -2.12. The van der Waals surface area contributed by atoms with E-state index in [1.807, 2.05) is 6.92 Å². The third-order valence-corrected chi connectivity index (χ3v) is 2.80. The van der Waals surface area contributed by atoms with Gasteiger partial charge in [-0.15, -0.1) is 0 Å². The molecule has 1 unspecified atom stereocenters. The molecule has 0 radical (unpaired) electrons. The van der Waals surface area contributed by atoms with E-state index in [2.05, 4.69) is 20.4 Å². The molecule has 0 bridgehead atoms. The predicted octanol–water partition coefficient (Wildman–Crippen LogP) is 1.12. The van der Waals surface area contributed by atoms with Gasteiger partial charge >= 0.3 is 0 Å². The number of nitrogens with one attached hydrogen (secondary N) is 1. The van der Waals surface area contributed by atoms with Crippen LogP contribution in [0.3, 0.4) is 0 Å². The average molecular weight is 274 g/mol. The maximum Gasteiger partial charge on any atom is 0.226 e. The van der Waals surface area contributed by atoms with Crippen molar-refractivity contribution in [2.24, 2.45) is 5.73 Å². The second-order valence-corrected chi connectivity index (χ2v) is 4.52. The van der Waals surface area contributed by atoms with Crippen LogP contribution in [-0.4, -0.2) is 31.7 Å². The van der Waals surface area contributed by atoms with Gasteiger partial charge in [0.15, 0.2) is 5.82 Å². The van der Waals surface area contributed by atoms with Gasteiger partial charge in [0.25, 0.3) is 0 Å².